The average molecular weight is 211 g/mol. The summed E-state index contributed by atoms with van der Waals surface area (Å²) in [6, 6.07) is 0.348. The van der Waals surface area contributed by atoms with Crippen molar-refractivity contribution in [1.82, 2.24) is 5.32 Å². The fraction of sp³-hybridized carbons (Fsp3) is 0.923. The second-order valence-corrected chi connectivity index (χ2v) is 5.36. The third-order valence-corrected chi connectivity index (χ3v) is 3.29. The lowest BCUT2D eigenvalue weighted by atomic mass is 10.0. The lowest BCUT2D eigenvalue weighted by Gasteiger charge is -2.17. The molecule has 0 aromatic heterocycles. The van der Waals surface area contributed by atoms with Crippen molar-refractivity contribution in [2.45, 2.75) is 65.3 Å². The minimum absolute atomic E-state index is 0.295. The van der Waals surface area contributed by atoms with Crippen molar-refractivity contribution in [3.63, 3.8) is 0 Å². The molecule has 1 fully saturated rings. The zero-order valence-corrected chi connectivity index (χ0v) is 10.4. The van der Waals surface area contributed by atoms with E-state index in [1.807, 2.05) is 0 Å². The van der Waals surface area contributed by atoms with E-state index in [-0.39, 0.29) is 0 Å². The number of hydrogen-bond donors (Lipinski definition) is 1. The van der Waals surface area contributed by atoms with Crippen LogP contribution < -0.4 is 5.32 Å². The first kappa shape index (κ1) is 12.5. The molecule has 1 N–H and O–H groups in total. The zero-order valence-electron chi connectivity index (χ0n) is 10.4. The second-order valence-electron chi connectivity index (χ2n) is 5.36. The fourth-order valence-electron chi connectivity index (χ4n) is 2.20. The number of hydrogen-bond acceptors (Lipinski definition) is 1. The number of carbonyl (C=O) groups excluding carboxylic acids is 1. The van der Waals surface area contributed by atoms with Crippen LogP contribution in [0.3, 0.4) is 0 Å². The van der Waals surface area contributed by atoms with E-state index in [0.29, 0.717) is 17.9 Å². The van der Waals surface area contributed by atoms with Crippen LogP contribution in [0.25, 0.3) is 0 Å². The summed E-state index contributed by atoms with van der Waals surface area (Å²) in [7, 11) is 0. The van der Waals surface area contributed by atoms with E-state index in [1.54, 1.807) is 0 Å². The van der Waals surface area contributed by atoms with Crippen LogP contribution in [0.1, 0.15) is 59.3 Å². The molecule has 0 aliphatic heterocycles. The molecule has 2 heteroatoms. The molecule has 88 valence electrons. The maximum absolute atomic E-state index is 11.8. The van der Waals surface area contributed by atoms with Crippen LogP contribution in [-0.2, 0) is 4.79 Å². The van der Waals surface area contributed by atoms with Crippen LogP contribution in [0.15, 0.2) is 0 Å². The largest absolute Gasteiger partial charge is 0.353 e. The van der Waals surface area contributed by atoms with Gasteiger partial charge in [0.25, 0.3) is 0 Å². The normalized spacial score (nSPS) is 19.5. The van der Waals surface area contributed by atoms with Crippen molar-refractivity contribution in [1.29, 1.82) is 0 Å². The van der Waals surface area contributed by atoms with Gasteiger partial charge in [0.05, 0.1) is 0 Å². The average Bonchev–Trinajstić information content (AvgIpc) is 2.67. The topological polar surface area (TPSA) is 29.1 Å². The molecule has 0 heterocycles. The van der Waals surface area contributed by atoms with Gasteiger partial charge < -0.3 is 5.32 Å². The molecule has 1 atom stereocenters. The van der Waals surface area contributed by atoms with Crippen LogP contribution in [0, 0.1) is 11.8 Å². The van der Waals surface area contributed by atoms with Crippen molar-refractivity contribution in [3.8, 4) is 0 Å². The Morgan fingerprint density at radius 2 is 1.80 bits per heavy atom. The molecule has 0 bridgehead atoms. The first-order valence-corrected chi connectivity index (χ1v) is 6.40. The van der Waals surface area contributed by atoms with E-state index in [4.69, 9.17) is 0 Å². The monoisotopic (exact) mass is 211 g/mol. The van der Waals surface area contributed by atoms with Crippen molar-refractivity contribution < 1.29 is 4.79 Å². The van der Waals surface area contributed by atoms with E-state index in [0.717, 1.165) is 25.2 Å². The predicted octanol–water partition coefficient (Wildman–Crippen LogP) is 3.12. The van der Waals surface area contributed by atoms with Crippen molar-refractivity contribution in [2.24, 2.45) is 11.8 Å². The van der Waals surface area contributed by atoms with E-state index in [9.17, 15) is 4.79 Å². The molecule has 0 aromatic carbocycles. The van der Waals surface area contributed by atoms with Gasteiger partial charge in [0.1, 0.15) is 0 Å². The maximum Gasteiger partial charge on any atom is 0.223 e. The SMILES string of the molecule is CC(C)CCC(C)NC(=O)C1CCCC1. The predicted molar refractivity (Wildman–Crippen MR) is 63.6 cm³/mol. The van der Waals surface area contributed by atoms with Gasteiger partial charge in [0.2, 0.25) is 5.91 Å². The van der Waals surface area contributed by atoms with Crippen LogP contribution in [0.5, 0.6) is 0 Å². The molecule has 1 aliphatic carbocycles. The summed E-state index contributed by atoms with van der Waals surface area (Å²) < 4.78 is 0. The zero-order chi connectivity index (χ0) is 11.3. The van der Waals surface area contributed by atoms with E-state index >= 15 is 0 Å². The van der Waals surface area contributed by atoms with Gasteiger partial charge in [0, 0.05) is 12.0 Å². The second kappa shape index (κ2) is 6.14. The highest BCUT2D eigenvalue weighted by molar-refractivity contribution is 5.79. The van der Waals surface area contributed by atoms with Crippen molar-refractivity contribution >= 4 is 5.91 Å². The lowest BCUT2D eigenvalue weighted by Crippen LogP contribution is -2.36. The summed E-state index contributed by atoms with van der Waals surface area (Å²) in [5.74, 6) is 1.34. The number of nitrogens with one attached hydrogen (secondary N) is 1. The maximum atomic E-state index is 11.8. The molecule has 0 spiro atoms. The van der Waals surface area contributed by atoms with Gasteiger partial charge in [-0.2, -0.15) is 0 Å². The Morgan fingerprint density at radius 1 is 1.20 bits per heavy atom. The summed E-state index contributed by atoms with van der Waals surface area (Å²) in [6.45, 7) is 6.58. The molecule has 1 amide bonds. The molecular weight excluding hydrogens is 186 g/mol. The third kappa shape index (κ3) is 4.67. The van der Waals surface area contributed by atoms with E-state index in [2.05, 4.69) is 26.1 Å². The Kier molecular flexibility index (Phi) is 5.13. The first-order valence-electron chi connectivity index (χ1n) is 6.40. The van der Waals surface area contributed by atoms with Crippen molar-refractivity contribution in [3.05, 3.63) is 0 Å². The highest BCUT2D eigenvalue weighted by Crippen LogP contribution is 2.24. The lowest BCUT2D eigenvalue weighted by molar-refractivity contribution is -0.125. The molecule has 1 saturated carbocycles. The highest BCUT2D eigenvalue weighted by Gasteiger charge is 2.23. The van der Waals surface area contributed by atoms with Gasteiger partial charge >= 0.3 is 0 Å². The Hall–Kier alpha value is -0.530. The van der Waals surface area contributed by atoms with Crippen LogP contribution >= 0.6 is 0 Å². The summed E-state index contributed by atoms with van der Waals surface area (Å²) >= 11 is 0. The Morgan fingerprint density at radius 3 is 2.33 bits per heavy atom. The summed E-state index contributed by atoms with van der Waals surface area (Å²) in [4.78, 5) is 11.8. The molecule has 0 saturated heterocycles. The number of rotatable bonds is 5. The third-order valence-electron chi connectivity index (χ3n) is 3.29. The number of carbonyl (C=O) groups is 1. The molecule has 1 rings (SSSR count). The molecule has 1 unspecified atom stereocenters. The van der Waals surface area contributed by atoms with Crippen LogP contribution in [0.2, 0.25) is 0 Å². The van der Waals surface area contributed by atoms with Gasteiger partial charge in [-0.1, -0.05) is 26.7 Å². The minimum Gasteiger partial charge on any atom is -0.353 e. The van der Waals surface area contributed by atoms with Gasteiger partial charge in [-0.3, -0.25) is 4.79 Å². The van der Waals surface area contributed by atoms with Gasteiger partial charge in [-0.15, -0.1) is 0 Å². The number of amides is 1. The fourth-order valence-corrected chi connectivity index (χ4v) is 2.20. The Balaban J connectivity index is 2.18. The van der Waals surface area contributed by atoms with Crippen molar-refractivity contribution in [2.75, 3.05) is 0 Å². The quantitative estimate of drug-likeness (QED) is 0.743. The Labute approximate surface area is 93.8 Å². The molecular formula is C13H25NO. The molecule has 2 nitrogen and oxygen atoms in total. The van der Waals surface area contributed by atoms with E-state index in [1.165, 1.54) is 19.3 Å². The summed E-state index contributed by atoms with van der Waals surface area (Å²) in [5.41, 5.74) is 0. The molecule has 0 aromatic rings. The van der Waals surface area contributed by atoms with Gasteiger partial charge in [0.15, 0.2) is 0 Å². The summed E-state index contributed by atoms with van der Waals surface area (Å²) in [6.07, 6.45) is 6.98. The molecule has 15 heavy (non-hydrogen) atoms. The standard InChI is InChI=1S/C13H25NO/c1-10(2)8-9-11(3)14-13(15)12-6-4-5-7-12/h10-12H,4-9H2,1-3H3,(H,14,15). The Bertz CT molecular complexity index is 195. The van der Waals surface area contributed by atoms with E-state index < -0.39 is 0 Å². The smallest absolute Gasteiger partial charge is 0.223 e. The van der Waals surface area contributed by atoms with Gasteiger partial charge in [-0.05, 0) is 38.5 Å². The van der Waals surface area contributed by atoms with Gasteiger partial charge in [-0.25, -0.2) is 0 Å². The molecule has 1 aliphatic rings. The highest BCUT2D eigenvalue weighted by atomic mass is 16.1. The minimum atomic E-state index is 0.295. The first-order chi connectivity index (χ1) is 7.09. The van der Waals surface area contributed by atoms with Crippen LogP contribution in [-0.4, -0.2) is 11.9 Å². The molecule has 0 radical (unpaired) electrons. The van der Waals surface area contributed by atoms with Crippen LogP contribution in [0.4, 0.5) is 0 Å². The summed E-state index contributed by atoms with van der Waals surface area (Å²) in [5, 5.41) is 3.14.